The lowest BCUT2D eigenvalue weighted by Crippen LogP contribution is -2.32. The SMILES string of the molecule is CC(C)c1ccc2c(c1C(C)C)N(C(C)C)C1=C(CCC=C1)CC2. The number of nitrogens with zero attached hydrogens (tertiary/aromatic N) is 1. The fourth-order valence-corrected chi connectivity index (χ4v) is 4.41. The normalized spacial score (nSPS) is 17.6. The van der Waals surface area contributed by atoms with Crippen molar-refractivity contribution in [2.24, 2.45) is 0 Å². The quantitative estimate of drug-likeness (QED) is 0.598. The summed E-state index contributed by atoms with van der Waals surface area (Å²) in [4.78, 5) is 2.65. The second-order valence-corrected chi connectivity index (χ2v) is 8.28. The summed E-state index contributed by atoms with van der Waals surface area (Å²) >= 11 is 0. The molecular formula is C23H33N. The van der Waals surface area contributed by atoms with Gasteiger partial charge in [-0.3, -0.25) is 0 Å². The summed E-state index contributed by atoms with van der Waals surface area (Å²) in [5.41, 5.74) is 9.30. The monoisotopic (exact) mass is 323 g/mol. The summed E-state index contributed by atoms with van der Waals surface area (Å²) in [6, 6.07) is 5.29. The number of allylic oxidation sites excluding steroid dienone is 3. The highest BCUT2D eigenvalue weighted by Gasteiger charge is 2.29. The summed E-state index contributed by atoms with van der Waals surface area (Å²) < 4.78 is 0. The van der Waals surface area contributed by atoms with Gasteiger partial charge >= 0.3 is 0 Å². The van der Waals surface area contributed by atoms with Crippen molar-refractivity contribution in [3.8, 4) is 0 Å². The van der Waals surface area contributed by atoms with Crippen LogP contribution in [0.1, 0.15) is 89.3 Å². The second kappa shape index (κ2) is 6.78. The van der Waals surface area contributed by atoms with Crippen molar-refractivity contribution in [1.29, 1.82) is 0 Å². The molecule has 0 fully saturated rings. The van der Waals surface area contributed by atoms with E-state index < -0.39 is 0 Å². The van der Waals surface area contributed by atoms with E-state index in [0.29, 0.717) is 17.9 Å². The summed E-state index contributed by atoms with van der Waals surface area (Å²) in [5, 5.41) is 0. The fraction of sp³-hybridized carbons (Fsp3) is 0.565. The first-order valence-electron chi connectivity index (χ1n) is 9.75. The molecule has 0 saturated heterocycles. The minimum Gasteiger partial charge on any atom is -0.339 e. The summed E-state index contributed by atoms with van der Waals surface area (Å²) in [5.74, 6) is 1.12. The van der Waals surface area contributed by atoms with Gasteiger partial charge in [-0.25, -0.2) is 0 Å². The van der Waals surface area contributed by atoms with Gasteiger partial charge in [-0.05, 0) is 79.7 Å². The first kappa shape index (κ1) is 17.3. The maximum absolute atomic E-state index is 2.65. The number of hydrogen-bond acceptors (Lipinski definition) is 1. The molecule has 1 aromatic carbocycles. The van der Waals surface area contributed by atoms with Gasteiger partial charge in [0.05, 0.1) is 0 Å². The Morgan fingerprint density at radius 2 is 1.62 bits per heavy atom. The number of rotatable bonds is 3. The molecule has 1 heterocycles. The van der Waals surface area contributed by atoms with Gasteiger partial charge in [0.25, 0.3) is 0 Å². The van der Waals surface area contributed by atoms with Gasteiger partial charge < -0.3 is 4.90 Å². The van der Waals surface area contributed by atoms with Crippen LogP contribution >= 0.6 is 0 Å². The smallest absolute Gasteiger partial charge is 0.0483 e. The zero-order chi connectivity index (χ0) is 17.4. The predicted octanol–water partition coefficient (Wildman–Crippen LogP) is 6.70. The van der Waals surface area contributed by atoms with Crippen LogP contribution in [0.5, 0.6) is 0 Å². The van der Waals surface area contributed by atoms with E-state index in [9.17, 15) is 0 Å². The van der Waals surface area contributed by atoms with Crippen LogP contribution in [0.4, 0.5) is 5.69 Å². The van der Waals surface area contributed by atoms with Crippen LogP contribution in [-0.4, -0.2) is 6.04 Å². The van der Waals surface area contributed by atoms with E-state index in [1.807, 2.05) is 0 Å². The van der Waals surface area contributed by atoms with Crippen molar-refractivity contribution in [1.82, 2.24) is 0 Å². The highest BCUT2D eigenvalue weighted by molar-refractivity contribution is 5.70. The molecular weight excluding hydrogens is 290 g/mol. The lowest BCUT2D eigenvalue weighted by atomic mass is 9.86. The number of hydrogen-bond donors (Lipinski definition) is 0. The molecule has 130 valence electrons. The van der Waals surface area contributed by atoms with Gasteiger partial charge in [-0.2, -0.15) is 0 Å². The molecule has 2 aliphatic rings. The third-order valence-electron chi connectivity index (χ3n) is 5.50. The van der Waals surface area contributed by atoms with Crippen molar-refractivity contribution in [2.45, 2.75) is 85.1 Å². The molecule has 0 atom stereocenters. The maximum Gasteiger partial charge on any atom is 0.0483 e. The van der Waals surface area contributed by atoms with Crippen LogP contribution in [-0.2, 0) is 6.42 Å². The van der Waals surface area contributed by atoms with Crippen molar-refractivity contribution in [3.63, 3.8) is 0 Å². The van der Waals surface area contributed by atoms with Gasteiger partial charge in [0.2, 0.25) is 0 Å². The van der Waals surface area contributed by atoms with Crippen LogP contribution in [0.25, 0.3) is 0 Å². The van der Waals surface area contributed by atoms with Crippen LogP contribution in [0.3, 0.4) is 0 Å². The van der Waals surface area contributed by atoms with Crippen LogP contribution in [0.15, 0.2) is 35.6 Å². The fourth-order valence-electron chi connectivity index (χ4n) is 4.41. The Labute approximate surface area is 148 Å². The molecule has 3 rings (SSSR count). The molecule has 1 heteroatoms. The van der Waals surface area contributed by atoms with E-state index in [1.54, 1.807) is 16.7 Å². The molecule has 0 amide bonds. The average molecular weight is 324 g/mol. The standard InChI is InChI=1S/C23H33N/c1-15(2)20-14-13-19-12-11-18-9-7-8-10-21(18)24(17(5)6)23(19)22(20)16(3)4/h8,10,13-17H,7,9,11-12H2,1-6H3. The molecule has 0 spiro atoms. The molecule has 0 aromatic heterocycles. The lowest BCUT2D eigenvalue weighted by molar-refractivity contribution is 0.725. The molecule has 1 aliphatic heterocycles. The van der Waals surface area contributed by atoms with E-state index in [0.717, 1.165) is 0 Å². The largest absolute Gasteiger partial charge is 0.339 e. The Morgan fingerprint density at radius 3 is 2.25 bits per heavy atom. The van der Waals surface area contributed by atoms with E-state index in [-0.39, 0.29) is 0 Å². The van der Waals surface area contributed by atoms with Gasteiger partial charge in [0.15, 0.2) is 0 Å². The van der Waals surface area contributed by atoms with Gasteiger partial charge in [-0.15, -0.1) is 0 Å². The molecule has 0 saturated carbocycles. The Kier molecular flexibility index (Phi) is 4.90. The molecule has 1 nitrogen and oxygen atoms in total. The summed E-state index contributed by atoms with van der Waals surface area (Å²) in [6.07, 6.45) is 9.59. The van der Waals surface area contributed by atoms with Gasteiger partial charge in [0.1, 0.15) is 0 Å². The molecule has 0 bridgehead atoms. The highest BCUT2D eigenvalue weighted by atomic mass is 15.2. The molecule has 1 aromatic rings. The van der Waals surface area contributed by atoms with E-state index in [2.05, 4.69) is 70.7 Å². The van der Waals surface area contributed by atoms with E-state index in [1.165, 1.54) is 42.6 Å². The first-order valence-corrected chi connectivity index (χ1v) is 9.75. The van der Waals surface area contributed by atoms with Crippen molar-refractivity contribution < 1.29 is 0 Å². The molecule has 0 unspecified atom stereocenters. The first-order chi connectivity index (χ1) is 11.4. The number of fused-ring (bicyclic) bond motifs is 1. The summed E-state index contributed by atoms with van der Waals surface area (Å²) in [7, 11) is 0. The lowest BCUT2D eigenvalue weighted by Gasteiger charge is -2.36. The van der Waals surface area contributed by atoms with Crippen LogP contribution in [0, 0.1) is 0 Å². The van der Waals surface area contributed by atoms with E-state index in [4.69, 9.17) is 0 Å². The third-order valence-corrected chi connectivity index (χ3v) is 5.50. The molecule has 0 radical (unpaired) electrons. The van der Waals surface area contributed by atoms with Crippen molar-refractivity contribution in [2.75, 3.05) is 4.90 Å². The zero-order valence-electron chi connectivity index (χ0n) is 16.3. The Bertz CT molecular complexity index is 674. The predicted molar refractivity (Wildman–Crippen MR) is 106 cm³/mol. The van der Waals surface area contributed by atoms with Crippen molar-refractivity contribution in [3.05, 3.63) is 52.2 Å². The van der Waals surface area contributed by atoms with Crippen molar-refractivity contribution >= 4 is 5.69 Å². The molecule has 1 aliphatic carbocycles. The minimum absolute atomic E-state index is 0.481. The third kappa shape index (κ3) is 2.94. The number of aryl methyl sites for hydroxylation is 1. The molecule has 0 N–H and O–H groups in total. The summed E-state index contributed by atoms with van der Waals surface area (Å²) in [6.45, 7) is 14.1. The average Bonchev–Trinajstić information content (AvgIpc) is 2.70. The highest BCUT2D eigenvalue weighted by Crippen LogP contribution is 2.44. The Morgan fingerprint density at radius 1 is 0.875 bits per heavy atom. The van der Waals surface area contributed by atoms with Crippen LogP contribution < -0.4 is 4.90 Å². The number of benzene rings is 1. The van der Waals surface area contributed by atoms with Gasteiger partial charge in [0, 0.05) is 17.4 Å². The second-order valence-electron chi connectivity index (χ2n) is 8.28. The topological polar surface area (TPSA) is 3.24 Å². The Balaban J connectivity index is 2.28. The zero-order valence-corrected chi connectivity index (χ0v) is 16.3. The maximum atomic E-state index is 2.65. The minimum atomic E-state index is 0.481. The van der Waals surface area contributed by atoms with E-state index >= 15 is 0 Å². The van der Waals surface area contributed by atoms with Crippen LogP contribution in [0.2, 0.25) is 0 Å². The molecule has 24 heavy (non-hydrogen) atoms. The Hall–Kier alpha value is -1.50. The number of anilines is 1. The van der Waals surface area contributed by atoms with Gasteiger partial charge in [-0.1, -0.05) is 45.9 Å².